The molecule has 1 aromatic rings. The van der Waals surface area contributed by atoms with Crippen LogP contribution in [0.3, 0.4) is 0 Å². The summed E-state index contributed by atoms with van der Waals surface area (Å²) in [6, 6.07) is 6.25. The van der Waals surface area contributed by atoms with Gasteiger partial charge in [0.15, 0.2) is 0 Å². The molecule has 1 atom stereocenters. The lowest BCUT2D eigenvalue weighted by Gasteiger charge is -2.21. The normalized spacial score (nSPS) is 12.9. The fraction of sp³-hybridized carbons (Fsp3) is 0.625. The Morgan fingerprint density at radius 1 is 1.10 bits per heavy atom. The van der Waals surface area contributed by atoms with Gasteiger partial charge in [-0.1, -0.05) is 50.0 Å². The van der Waals surface area contributed by atoms with Crippen molar-refractivity contribution in [2.75, 3.05) is 26.2 Å². The monoisotopic (exact) mass is 316 g/mol. The van der Waals surface area contributed by atoms with E-state index in [1.165, 1.54) is 12.0 Å². The molecule has 0 spiro atoms. The molecular weight excluding hydrogens is 291 g/mol. The molecule has 0 fully saturated rings. The average Bonchev–Trinajstić information content (AvgIpc) is 2.46. The molecule has 0 aliphatic heterocycles. The topological polar surface area (TPSA) is 15.3 Å². The van der Waals surface area contributed by atoms with Gasteiger partial charge in [-0.05, 0) is 56.7 Å². The van der Waals surface area contributed by atoms with E-state index in [0.717, 1.165) is 32.6 Å². The lowest BCUT2D eigenvalue weighted by Crippen LogP contribution is -2.28. The first-order chi connectivity index (χ1) is 9.62. The van der Waals surface area contributed by atoms with Crippen molar-refractivity contribution in [3.05, 3.63) is 33.8 Å². The minimum Gasteiger partial charge on any atom is -0.310 e. The molecule has 1 rings (SSSR count). The molecule has 0 heterocycles. The highest BCUT2D eigenvalue weighted by Gasteiger charge is 2.10. The van der Waals surface area contributed by atoms with Gasteiger partial charge in [-0.3, -0.25) is 0 Å². The Morgan fingerprint density at radius 2 is 1.80 bits per heavy atom. The second-order valence-electron chi connectivity index (χ2n) is 4.97. The van der Waals surface area contributed by atoms with Crippen LogP contribution in [-0.2, 0) is 0 Å². The second-order valence-corrected chi connectivity index (χ2v) is 5.78. The predicted molar refractivity (Wildman–Crippen MR) is 89.9 cm³/mol. The second kappa shape index (κ2) is 9.62. The van der Waals surface area contributed by atoms with Gasteiger partial charge in [-0.25, -0.2) is 0 Å². The summed E-state index contributed by atoms with van der Waals surface area (Å²) in [5.41, 5.74) is 1.21. The van der Waals surface area contributed by atoms with E-state index in [9.17, 15) is 0 Å². The Bertz CT molecular complexity index is 392. The molecule has 0 radical (unpaired) electrons. The summed E-state index contributed by atoms with van der Waals surface area (Å²) in [4.78, 5) is 2.45. The maximum Gasteiger partial charge on any atom is 0.0595 e. The SMILES string of the molecule is CCC(NCCCN(CC)CC)c1ccc(Cl)c(Cl)c1. The van der Waals surface area contributed by atoms with Crippen molar-refractivity contribution in [3.63, 3.8) is 0 Å². The number of hydrogen-bond acceptors (Lipinski definition) is 2. The van der Waals surface area contributed by atoms with Crippen molar-refractivity contribution in [1.29, 1.82) is 0 Å². The van der Waals surface area contributed by atoms with Crippen molar-refractivity contribution < 1.29 is 0 Å². The first-order valence-corrected chi connectivity index (χ1v) is 8.28. The fourth-order valence-electron chi connectivity index (χ4n) is 2.35. The highest BCUT2D eigenvalue weighted by atomic mass is 35.5. The summed E-state index contributed by atoms with van der Waals surface area (Å²) in [5, 5.41) is 4.86. The van der Waals surface area contributed by atoms with E-state index in [1.807, 2.05) is 12.1 Å². The zero-order valence-corrected chi connectivity index (χ0v) is 14.3. The Labute approximate surface area is 133 Å². The Morgan fingerprint density at radius 3 is 2.35 bits per heavy atom. The maximum absolute atomic E-state index is 6.09. The first kappa shape index (κ1) is 17.8. The van der Waals surface area contributed by atoms with Gasteiger partial charge in [0.25, 0.3) is 0 Å². The molecule has 2 nitrogen and oxygen atoms in total. The lowest BCUT2D eigenvalue weighted by atomic mass is 10.0. The standard InChI is InChI=1S/C16H26Cl2N2/c1-4-16(13-8-9-14(17)15(18)12-13)19-10-7-11-20(5-2)6-3/h8-9,12,16,19H,4-7,10-11H2,1-3H3. The highest BCUT2D eigenvalue weighted by molar-refractivity contribution is 6.42. The number of benzene rings is 1. The summed E-state index contributed by atoms with van der Waals surface area (Å²) in [6.07, 6.45) is 2.21. The third-order valence-electron chi connectivity index (χ3n) is 3.69. The summed E-state index contributed by atoms with van der Waals surface area (Å²) in [6.45, 7) is 11.0. The molecule has 1 aromatic carbocycles. The molecule has 0 aliphatic carbocycles. The summed E-state index contributed by atoms with van der Waals surface area (Å²) in [5.74, 6) is 0. The third-order valence-corrected chi connectivity index (χ3v) is 4.43. The molecule has 0 aliphatic rings. The highest BCUT2D eigenvalue weighted by Crippen LogP contribution is 2.26. The third kappa shape index (κ3) is 5.61. The van der Waals surface area contributed by atoms with E-state index in [2.05, 4.69) is 37.1 Å². The predicted octanol–water partition coefficient (Wildman–Crippen LogP) is 4.77. The molecule has 0 bridgehead atoms. The van der Waals surface area contributed by atoms with Gasteiger partial charge in [0.1, 0.15) is 0 Å². The van der Waals surface area contributed by atoms with Crippen molar-refractivity contribution in [2.24, 2.45) is 0 Å². The summed E-state index contributed by atoms with van der Waals surface area (Å²) < 4.78 is 0. The number of rotatable bonds is 9. The fourth-order valence-corrected chi connectivity index (χ4v) is 2.65. The zero-order chi connectivity index (χ0) is 15.0. The van der Waals surface area contributed by atoms with Crippen molar-refractivity contribution in [3.8, 4) is 0 Å². The summed E-state index contributed by atoms with van der Waals surface area (Å²) >= 11 is 12.1. The van der Waals surface area contributed by atoms with Crippen LogP contribution in [0, 0.1) is 0 Å². The van der Waals surface area contributed by atoms with Crippen LogP contribution in [0.4, 0.5) is 0 Å². The number of halogens is 2. The van der Waals surface area contributed by atoms with E-state index in [-0.39, 0.29) is 0 Å². The van der Waals surface area contributed by atoms with E-state index in [1.54, 1.807) is 0 Å². The van der Waals surface area contributed by atoms with E-state index >= 15 is 0 Å². The minimum absolute atomic E-state index is 0.349. The quantitative estimate of drug-likeness (QED) is 0.660. The number of nitrogens with zero attached hydrogens (tertiary/aromatic N) is 1. The Hall–Kier alpha value is -0.280. The molecule has 114 valence electrons. The Balaban J connectivity index is 2.45. The largest absolute Gasteiger partial charge is 0.310 e. The van der Waals surface area contributed by atoms with Gasteiger partial charge in [-0.2, -0.15) is 0 Å². The van der Waals surface area contributed by atoms with Crippen LogP contribution in [0.15, 0.2) is 18.2 Å². The molecule has 20 heavy (non-hydrogen) atoms. The van der Waals surface area contributed by atoms with Crippen LogP contribution in [0.2, 0.25) is 10.0 Å². The van der Waals surface area contributed by atoms with Crippen LogP contribution in [-0.4, -0.2) is 31.1 Å². The van der Waals surface area contributed by atoms with Crippen LogP contribution >= 0.6 is 23.2 Å². The lowest BCUT2D eigenvalue weighted by molar-refractivity contribution is 0.295. The van der Waals surface area contributed by atoms with Gasteiger partial charge in [0.2, 0.25) is 0 Å². The number of hydrogen-bond donors (Lipinski definition) is 1. The van der Waals surface area contributed by atoms with Crippen LogP contribution in [0.1, 0.15) is 45.2 Å². The van der Waals surface area contributed by atoms with Gasteiger partial charge < -0.3 is 10.2 Å². The van der Waals surface area contributed by atoms with E-state index in [4.69, 9.17) is 23.2 Å². The van der Waals surface area contributed by atoms with Crippen molar-refractivity contribution in [2.45, 2.75) is 39.7 Å². The van der Waals surface area contributed by atoms with Crippen LogP contribution in [0.5, 0.6) is 0 Å². The molecular formula is C16H26Cl2N2. The summed E-state index contributed by atoms with van der Waals surface area (Å²) in [7, 11) is 0. The van der Waals surface area contributed by atoms with Gasteiger partial charge in [-0.15, -0.1) is 0 Å². The van der Waals surface area contributed by atoms with Crippen molar-refractivity contribution in [1.82, 2.24) is 10.2 Å². The van der Waals surface area contributed by atoms with Gasteiger partial charge in [0.05, 0.1) is 10.0 Å². The zero-order valence-electron chi connectivity index (χ0n) is 12.8. The maximum atomic E-state index is 6.09. The van der Waals surface area contributed by atoms with Crippen LogP contribution < -0.4 is 5.32 Å². The average molecular weight is 317 g/mol. The molecule has 1 unspecified atom stereocenters. The van der Waals surface area contributed by atoms with E-state index in [0.29, 0.717) is 16.1 Å². The van der Waals surface area contributed by atoms with Gasteiger partial charge >= 0.3 is 0 Å². The minimum atomic E-state index is 0.349. The molecule has 0 aromatic heterocycles. The van der Waals surface area contributed by atoms with Crippen molar-refractivity contribution >= 4 is 23.2 Å². The van der Waals surface area contributed by atoms with Crippen LogP contribution in [0.25, 0.3) is 0 Å². The molecule has 0 saturated carbocycles. The smallest absolute Gasteiger partial charge is 0.0595 e. The molecule has 0 saturated heterocycles. The van der Waals surface area contributed by atoms with Gasteiger partial charge in [0, 0.05) is 6.04 Å². The first-order valence-electron chi connectivity index (χ1n) is 7.53. The molecule has 0 amide bonds. The Kier molecular flexibility index (Phi) is 8.55. The molecule has 4 heteroatoms. The molecule has 1 N–H and O–H groups in total. The number of nitrogens with one attached hydrogen (secondary N) is 1. The van der Waals surface area contributed by atoms with E-state index < -0.39 is 0 Å².